The summed E-state index contributed by atoms with van der Waals surface area (Å²) in [6, 6.07) is 101. The maximum absolute atomic E-state index is 5.68. The van der Waals surface area contributed by atoms with E-state index in [0.29, 0.717) is 17.6 Å². The zero-order valence-electron chi connectivity index (χ0n) is 45.7. The highest BCUT2D eigenvalue weighted by atomic mass is 15.2. The molecule has 0 fully saturated rings. The highest BCUT2D eigenvalue weighted by Gasteiger charge is 2.24. The van der Waals surface area contributed by atoms with Gasteiger partial charge in [-0.2, -0.15) is 9.97 Å². The van der Waals surface area contributed by atoms with Crippen LogP contribution in [0.15, 0.2) is 279 Å². The van der Waals surface area contributed by atoms with Crippen LogP contribution < -0.4 is 0 Å². The Bertz CT molecular complexity index is 4880. The summed E-state index contributed by atoms with van der Waals surface area (Å²) in [5.41, 5.74) is 21.8. The standard InChI is InChI=1S/C77H52N6/c1-49-29-41-71-63(45-49)59-21-9-13-25-67(59)81(71)69-27-15-11-23-61(69)75-78-76(62-24-12-16-28-70(62)82-68-26-14-10-22-60(68)64-46-50(2)30-42-72(64)82)80-77(79-75)83-73-43-39-57(55-35-31-53(32-36-55)51-17-5-3-6-18-51)47-65(73)66-48-58(40-44-74(66)83)56-37-33-54(34-38-56)52-19-7-4-8-20-52/h3-48H,1-2H3. The van der Waals surface area contributed by atoms with Gasteiger partial charge in [0.1, 0.15) is 0 Å². The van der Waals surface area contributed by atoms with Gasteiger partial charge in [-0.15, -0.1) is 0 Å². The highest BCUT2D eigenvalue weighted by molar-refractivity contribution is 6.13. The van der Waals surface area contributed by atoms with Crippen LogP contribution in [-0.4, -0.2) is 28.7 Å². The van der Waals surface area contributed by atoms with Gasteiger partial charge in [0.2, 0.25) is 5.95 Å². The molecule has 0 atom stereocenters. The Kier molecular flexibility index (Phi) is 11.2. The van der Waals surface area contributed by atoms with Gasteiger partial charge < -0.3 is 9.13 Å². The Balaban J connectivity index is 0.951. The molecule has 0 aliphatic rings. The second kappa shape index (κ2) is 19.4. The summed E-state index contributed by atoms with van der Waals surface area (Å²) in [4.78, 5) is 17.0. The summed E-state index contributed by atoms with van der Waals surface area (Å²) in [6.45, 7) is 4.32. The van der Waals surface area contributed by atoms with E-state index in [0.717, 1.165) is 88.6 Å². The molecule has 16 aromatic rings. The average molecular weight is 1060 g/mol. The normalized spacial score (nSPS) is 11.7. The van der Waals surface area contributed by atoms with E-state index in [9.17, 15) is 0 Å². The Morgan fingerprint density at radius 3 is 0.988 bits per heavy atom. The summed E-state index contributed by atoms with van der Waals surface area (Å²) >= 11 is 0. The number of hydrogen-bond donors (Lipinski definition) is 0. The van der Waals surface area contributed by atoms with Crippen LogP contribution in [0.1, 0.15) is 11.1 Å². The van der Waals surface area contributed by atoms with Crippen molar-refractivity contribution < 1.29 is 0 Å². The molecule has 6 heteroatoms. The molecule has 0 radical (unpaired) electrons. The molecule has 0 saturated heterocycles. The molecule has 6 nitrogen and oxygen atoms in total. The summed E-state index contributed by atoms with van der Waals surface area (Å²) < 4.78 is 7.00. The van der Waals surface area contributed by atoms with E-state index in [1.807, 2.05) is 0 Å². The average Bonchev–Trinajstić information content (AvgIpc) is 4.40. The van der Waals surface area contributed by atoms with Crippen molar-refractivity contribution in [2.45, 2.75) is 13.8 Å². The smallest absolute Gasteiger partial charge is 0.238 e. The van der Waals surface area contributed by atoms with Crippen molar-refractivity contribution in [1.29, 1.82) is 0 Å². The molecule has 83 heavy (non-hydrogen) atoms. The SMILES string of the molecule is Cc1ccc2c(c1)c1ccccc1n2-c1ccccc1-c1nc(-c2ccccc2-n2c3ccccc3c3cc(C)ccc32)nc(-n2c3ccc(-c4ccc(-c5ccccc5)cc4)cc3c3cc(-c4ccc(-c5ccccc5)cc4)ccc32)n1. The molecule has 390 valence electrons. The van der Waals surface area contributed by atoms with E-state index in [1.165, 1.54) is 54.9 Å². The van der Waals surface area contributed by atoms with E-state index >= 15 is 0 Å². The van der Waals surface area contributed by atoms with Crippen molar-refractivity contribution in [3.05, 3.63) is 290 Å². The van der Waals surface area contributed by atoms with Crippen LogP contribution >= 0.6 is 0 Å². The third-order valence-electron chi connectivity index (χ3n) is 16.7. The minimum atomic E-state index is 0.519. The van der Waals surface area contributed by atoms with Crippen LogP contribution in [0.4, 0.5) is 0 Å². The first kappa shape index (κ1) is 48.0. The second-order valence-corrected chi connectivity index (χ2v) is 21.7. The lowest BCUT2D eigenvalue weighted by molar-refractivity contribution is 0.950. The minimum absolute atomic E-state index is 0.519. The fourth-order valence-corrected chi connectivity index (χ4v) is 12.7. The molecule has 0 aliphatic heterocycles. The molecule has 16 rings (SSSR count). The van der Waals surface area contributed by atoms with Crippen LogP contribution in [0.5, 0.6) is 0 Å². The molecule has 0 bridgehead atoms. The summed E-state index contributed by atoms with van der Waals surface area (Å²) in [7, 11) is 0. The van der Waals surface area contributed by atoms with Gasteiger partial charge in [-0.25, -0.2) is 4.98 Å². The van der Waals surface area contributed by atoms with E-state index < -0.39 is 0 Å². The predicted molar refractivity (Wildman–Crippen MR) is 345 cm³/mol. The molecule has 0 amide bonds. The Labute approximate surface area is 480 Å². The topological polar surface area (TPSA) is 53.5 Å². The fourth-order valence-electron chi connectivity index (χ4n) is 12.7. The van der Waals surface area contributed by atoms with Crippen LogP contribution in [0.2, 0.25) is 0 Å². The van der Waals surface area contributed by atoms with Crippen LogP contribution in [-0.2, 0) is 0 Å². The highest BCUT2D eigenvalue weighted by Crippen LogP contribution is 2.42. The van der Waals surface area contributed by atoms with Crippen LogP contribution in [0, 0.1) is 13.8 Å². The third-order valence-corrected chi connectivity index (χ3v) is 16.7. The Hall–Kier alpha value is -11.0. The summed E-state index contributed by atoms with van der Waals surface area (Å²) in [5, 5.41) is 6.97. The van der Waals surface area contributed by atoms with Gasteiger partial charge in [-0.05, 0) is 143 Å². The monoisotopic (exact) mass is 1060 g/mol. The fraction of sp³-hybridized carbons (Fsp3) is 0.0260. The number of rotatable bonds is 9. The van der Waals surface area contributed by atoms with Crippen molar-refractivity contribution in [2.75, 3.05) is 0 Å². The van der Waals surface area contributed by atoms with Crippen molar-refractivity contribution in [3.63, 3.8) is 0 Å². The van der Waals surface area contributed by atoms with Gasteiger partial charge >= 0.3 is 0 Å². The number of benzene rings is 12. The lowest BCUT2D eigenvalue weighted by atomic mass is 9.97. The summed E-state index contributed by atoms with van der Waals surface area (Å²) in [6.07, 6.45) is 0. The van der Waals surface area contributed by atoms with Gasteiger partial charge in [0.15, 0.2) is 11.6 Å². The van der Waals surface area contributed by atoms with Crippen LogP contribution in [0.25, 0.3) is 150 Å². The van der Waals surface area contributed by atoms with Crippen molar-refractivity contribution in [3.8, 4) is 84.6 Å². The van der Waals surface area contributed by atoms with Crippen molar-refractivity contribution in [2.24, 2.45) is 0 Å². The number of para-hydroxylation sites is 4. The first-order chi connectivity index (χ1) is 41.0. The zero-order chi connectivity index (χ0) is 55.1. The predicted octanol–water partition coefficient (Wildman–Crippen LogP) is 19.8. The first-order valence-electron chi connectivity index (χ1n) is 28.3. The Morgan fingerprint density at radius 1 is 0.229 bits per heavy atom. The lowest BCUT2D eigenvalue weighted by Gasteiger charge is -2.17. The van der Waals surface area contributed by atoms with Crippen molar-refractivity contribution >= 4 is 65.4 Å². The quantitative estimate of drug-likeness (QED) is 0.145. The summed E-state index contributed by atoms with van der Waals surface area (Å²) in [5.74, 6) is 1.64. The molecule has 12 aromatic carbocycles. The zero-order valence-corrected chi connectivity index (χ0v) is 45.7. The Morgan fingerprint density at radius 2 is 0.542 bits per heavy atom. The maximum atomic E-state index is 5.68. The minimum Gasteiger partial charge on any atom is -0.309 e. The molecule has 0 spiro atoms. The van der Waals surface area contributed by atoms with E-state index in [-0.39, 0.29) is 0 Å². The molecule has 0 N–H and O–H groups in total. The van der Waals surface area contributed by atoms with Gasteiger partial charge in [0.25, 0.3) is 0 Å². The van der Waals surface area contributed by atoms with E-state index in [4.69, 9.17) is 15.0 Å². The third kappa shape index (κ3) is 8.06. The van der Waals surface area contributed by atoms with Crippen LogP contribution in [0.3, 0.4) is 0 Å². The second-order valence-electron chi connectivity index (χ2n) is 21.7. The maximum Gasteiger partial charge on any atom is 0.238 e. The molecule has 0 unspecified atom stereocenters. The number of fused-ring (bicyclic) bond motifs is 9. The van der Waals surface area contributed by atoms with Crippen molar-refractivity contribution in [1.82, 2.24) is 28.7 Å². The van der Waals surface area contributed by atoms with Gasteiger partial charge in [0.05, 0.1) is 44.5 Å². The van der Waals surface area contributed by atoms with Gasteiger partial charge in [-0.1, -0.05) is 205 Å². The first-order valence-corrected chi connectivity index (χ1v) is 28.3. The number of aryl methyl sites for hydroxylation is 2. The van der Waals surface area contributed by atoms with E-state index in [1.54, 1.807) is 0 Å². The number of hydrogen-bond acceptors (Lipinski definition) is 3. The van der Waals surface area contributed by atoms with Gasteiger partial charge in [0, 0.05) is 43.4 Å². The molecule has 0 saturated carbocycles. The van der Waals surface area contributed by atoms with Gasteiger partial charge in [-0.3, -0.25) is 4.57 Å². The molecule has 0 aliphatic carbocycles. The molecular formula is C77H52N6. The molecular weight excluding hydrogens is 1010 g/mol. The van der Waals surface area contributed by atoms with E-state index in [2.05, 4.69) is 307 Å². The largest absolute Gasteiger partial charge is 0.309 e. The molecule has 4 aromatic heterocycles. The molecule has 4 heterocycles. The lowest BCUT2D eigenvalue weighted by Crippen LogP contribution is -2.09. The number of aromatic nitrogens is 6. The number of nitrogens with zero attached hydrogens (tertiary/aromatic N) is 6.